The quantitative estimate of drug-likeness (QED) is 0.833. The molecule has 1 saturated carbocycles. The van der Waals surface area contributed by atoms with E-state index < -0.39 is 11.5 Å². The van der Waals surface area contributed by atoms with Crippen molar-refractivity contribution in [2.24, 2.45) is 0 Å². The third-order valence-electron chi connectivity index (χ3n) is 4.22. The van der Waals surface area contributed by atoms with Crippen molar-refractivity contribution < 1.29 is 9.59 Å². The highest BCUT2D eigenvalue weighted by molar-refractivity contribution is 5.99. The highest BCUT2D eigenvalue weighted by atomic mass is 16.2. The van der Waals surface area contributed by atoms with Gasteiger partial charge >= 0.3 is 0 Å². The molecule has 3 rings (SSSR count). The number of nitrogens with zero attached hydrogens (tertiary/aromatic N) is 1. The van der Waals surface area contributed by atoms with Crippen LogP contribution in [0.5, 0.6) is 0 Å². The Morgan fingerprint density at radius 3 is 2.52 bits per heavy atom. The molecule has 6 heteroatoms. The summed E-state index contributed by atoms with van der Waals surface area (Å²) in [6, 6.07) is 11.4. The lowest BCUT2D eigenvalue weighted by Gasteiger charge is -2.11. The topological polar surface area (TPSA) is 80.2 Å². The van der Waals surface area contributed by atoms with Crippen molar-refractivity contribution in [2.45, 2.75) is 31.8 Å². The molecular weight excluding hydrogens is 318 g/mol. The normalized spacial score (nSPS) is 13.3. The van der Waals surface area contributed by atoms with Gasteiger partial charge in [-0.15, -0.1) is 0 Å². The number of nitrogens with one attached hydrogen (secondary N) is 2. The van der Waals surface area contributed by atoms with E-state index in [0.29, 0.717) is 18.5 Å². The molecule has 1 aliphatic rings. The summed E-state index contributed by atoms with van der Waals surface area (Å²) in [5.74, 6) is -0.736. The van der Waals surface area contributed by atoms with E-state index in [2.05, 4.69) is 10.6 Å². The van der Waals surface area contributed by atoms with Crippen LogP contribution in [0.25, 0.3) is 0 Å². The first-order valence-electron chi connectivity index (χ1n) is 8.40. The number of hydrogen-bond donors (Lipinski definition) is 2. The molecule has 1 aromatic heterocycles. The van der Waals surface area contributed by atoms with Crippen molar-refractivity contribution in [1.82, 2.24) is 15.2 Å². The summed E-state index contributed by atoms with van der Waals surface area (Å²) < 4.78 is 1.44. The molecule has 0 spiro atoms. The van der Waals surface area contributed by atoms with Gasteiger partial charge in [-0.1, -0.05) is 30.3 Å². The van der Waals surface area contributed by atoms with Crippen LogP contribution in [0.4, 0.5) is 0 Å². The summed E-state index contributed by atoms with van der Waals surface area (Å²) in [6.45, 7) is 0.400. The Morgan fingerprint density at radius 1 is 1.16 bits per heavy atom. The van der Waals surface area contributed by atoms with E-state index in [1.165, 1.54) is 23.9 Å². The fraction of sp³-hybridized carbons (Fsp3) is 0.316. The van der Waals surface area contributed by atoms with E-state index in [0.717, 1.165) is 18.4 Å². The largest absolute Gasteiger partial charge is 0.355 e. The van der Waals surface area contributed by atoms with Crippen LogP contribution in [0.1, 0.15) is 39.1 Å². The standard InChI is InChI=1S/C19H21N3O3/c1-20-18(24)16-11-14(17(23)21-15-7-8-15)12-22(19(16)25)10-9-13-5-3-2-4-6-13/h2-6,11-12,15H,7-10H2,1H3,(H,20,24)(H,21,23). The van der Waals surface area contributed by atoms with Gasteiger partial charge in [0.15, 0.2) is 0 Å². The SMILES string of the molecule is CNC(=O)c1cc(C(=O)NC2CC2)cn(CCc2ccccc2)c1=O. The predicted octanol–water partition coefficient (Wildman–Crippen LogP) is 1.34. The third-order valence-corrected chi connectivity index (χ3v) is 4.22. The van der Waals surface area contributed by atoms with E-state index >= 15 is 0 Å². The van der Waals surface area contributed by atoms with E-state index in [4.69, 9.17) is 0 Å². The number of aromatic nitrogens is 1. The van der Waals surface area contributed by atoms with Crippen LogP contribution in [-0.2, 0) is 13.0 Å². The van der Waals surface area contributed by atoms with Crippen LogP contribution in [0.15, 0.2) is 47.4 Å². The first-order valence-corrected chi connectivity index (χ1v) is 8.40. The van der Waals surface area contributed by atoms with Gasteiger partial charge in [-0.2, -0.15) is 0 Å². The molecule has 1 fully saturated rings. The zero-order valence-electron chi connectivity index (χ0n) is 14.1. The maximum Gasteiger partial charge on any atom is 0.263 e. The van der Waals surface area contributed by atoms with Crippen molar-refractivity contribution in [1.29, 1.82) is 0 Å². The molecule has 0 unspecified atom stereocenters. The lowest BCUT2D eigenvalue weighted by atomic mass is 10.1. The average Bonchev–Trinajstić information content (AvgIpc) is 3.45. The molecule has 1 aliphatic carbocycles. The fourth-order valence-electron chi connectivity index (χ4n) is 2.61. The summed E-state index contributed by atoms with van der Waals surface area (Å²) in [6.07, 6.45) is 4.13. The minimum atomic E-state index is -0.487. The van der Waals surface area contributed by atoms with Gasteiger partial charge in [-0.05, 0) is 30.9 Å². The monoisotopic (exact) mass is 339 g/mol. The van der Waals surface area contributed by atoms with E-state index in [1.54, 1.807) is 0 Å². The fourth-order valence-corrected chi connectivity index (χ4v) is 2.61. The number of benzene rings is 1. The summed E-state index contributed by atoms with van der Waals surface area (Å²) >= 11 is 0. The van der Waals surface area contributed by atoms with Gasteiger partial charge in [0.05, 0.1) is 5.56 Å². The molecule has 0 aliphatic heterocycles. The molecule has 1 aromatic carbocycles. The summed E-state index contributed by atoms with van der Waals surface area (Å²) in [7, 11) is 1.47. The van der Waals surface area contributed by atoms with Crippen LogP contribution in [0.3, 0.4) is 0 Å². The second-order valence-electron chi connectivity index (χ2n) is 6.20. The smallest absolute Gasteiger partial charge is 0.263 e. The highest BCUT2D eigenvalue weighted by Crippen LogP contribution is 2.19. The molecule has 0 bridgehead atoms. The van der Waals surface area contributed by atoms with Gasteiger partial charge in [0, 0.05) is 25.8 Å². The van der Waals surface area contributed by atoms with Gasteiger partial charge in [-0.25, -0.2) is 0 Å². The minimum absolute atomic E-state index is 0.0148. The number of carbonyl (C=O) groups excluding carboxylic acids is 2. The van der Waals surface area contributed by atoms with Gasteiger partial charge < -0.3 is 15.2 Å². The molecular formula is C19H21N3O3. The number of carbonyl (C=O) groups is 2. The second-order valence-corrected chi connectivity index (χ2v) is 6.20. The number of rotatable bonds is 6. The predicted molar refractivity (Wildman–Crippen MR) is 94.7 cm³/mol. The van der Waals surface area contributed by atoms with Gasteiger partial charge in [0.2, 0.25) is 0 Å². The van der Waals surface area contributed by atoms with Crippen molar-refractivity contribution in [3.8, 4) is 0 Å². The Balaban J connectivity index is 1.89. The van der Waals surface area contributed by atoms with Crippen LogP contribution >= 0.6 is 0 Å². The van der Waals surface area contributed by atoms with Gasteiger partial charge in [0.25, 0.3) is 17.4 Å². The zero-order valence-corrected chi connectivity index (χ0v) is 14.1. The molecule has 2 N–H and O–H groups in total. The number of pyridine rings is 1. The second kappa shape index (κ2) is 7.34. The van der Waals surface area contributed by atoms with Crippen LogP contribution in [-0.4, -0.2) is 29.5 Å². The van der Waals surface area contributed by atoms with E-state index in [1.807, 2.05) is 30.3 Å². The van der Waals surface area contributed by atoms with Crippen LogP contribution in [0, 0.1) is 0 Å². The Hall–Kier alpha value is -2.89. The van der Waals surface area contributed by atoms with Crippen molar-refractivity contribution in [3.05, 3.63) is 69.6 Å². The lowest BCUT2D eigenvalue weighted by Crippen LogP contribution is -2.34. The summed E-state index contributed by atoms with van der Waals surface area (Å²) in [4.78, 5) is 36.9. The maximum absolute atomic E-state index is 12.6. The molecule has 130 valence electrons. The molecule has 25 heavy (non-hydrogen) atoms. The molecule has 0 saturated heterocycles. The molecule has 0 atom stereocenters. The first-order chi connectivity index (χ1) is 12.1. The Kier molecular flexibility index (Phi) is 4.97. The Bertz CT molecular complexity index is 839. The van der Waals surface area contributed by atoms with Crippen LogP contribution in [0.2, 0.25) is 0 Å². The zero-order chi connectivity index (χ0) is 17.8. The molecule has 2 aromatic rings. The summed E-state index contributed by atoms with van der Waals surface area (Å²) in [5.41, 5.74) is 1.01. The molecule has 6 nitrogen and oxygen atoms in total. The minimum Gasteiger partial charge on any atom is -0.355 e. The van der Waals surface area contributed by atoms with Gasteiger partial charge in [-0.3, -0.25) is 14.4 Å². The van der Waals surface area contributed by atoms with E-state index in [-0.39, 0.29) is 17.5 Å². The number of amides is 2. The molecule has 1 heterocycles. The Labute approximate surface area is 145 Å². The third kappa shape index (κ3) is 4.15. The van der Waals surface area contributed by atoms with Crippen molar-refractivity contribution >= 4 is 11.8 Å². The number of aryl methyl sites for hydroxylation is 2. The molecule has 0 radical (unpaired) electrons. The summed E-state index contributed by atoms with van der Waals surface area (Å²) in [5, 5.41) is 5.35. The first kappa shape index (κ1) is 17.0. The number of hydrogen-bond acceptors (Lipinski definition) is 3. The lowest BCUT2D eigenvalue weighted by molar-refractivity contribution is 0.0950. The Morgan fingerprint density at radius 2 is 1.88 bits per heavy atom. The van der Waals surface area contributed by atoms with E-state index in [9.17, 15) is 14.4 Å². The maximum atomic E-state index is 12.6. The van der Waals surface area contributed by atoms with Gasteiger partial charge in [0.1, 0.15) is 5.56 Å². The van der Waals surface area contributed by atoms with Crippen molar-refractivity contribution in [2.75, 3.05) is 7.05 Å². The highest BCUT2D eigenvalue weighted by Gasteiger charge is 2.25. The van der Waals surface area contributed by atoms with Crippen LogP contribution < -0.4 is 16.2 Å². The average molecular weight is 339 g/mol. The van der Waals surface area contributed by atoms with Crippen molar-refractivity contribution in [3.63, 3.8) is 0 Å². The molecule has 2 amide bonds.